The third-order valence-electron chi connectivity index (χ3n) is 4.93. The maximum Gasteiger partial charge on any atom is 0.573 e. The number of aliphatic hydroxyl groups is 1. The van der Waals surface area contributed by atoms with Gasteiger partial charge in [0.25, 0.3) is 5.91 Å². The highest BCUT2D eigenvalue weighted by Gasteiger charge is 2.31. The molecule has 3 aromatic rings. The lowest BCUT2D eigenvalue weighted by Crippen LogP contribution is -2.23. The summed E-state index contributed by atoms with van der Waals surface area (Å²) < 4.78 is 40.7. The summed E-state index contributed by atoms with van der Waals surface area (Å²) in [7, 11) is 0. The molecule has 3 N–H and O–H groups in total. The number of hydrogen-bond acceptors (Lipinski definition) is 6. The van der Waals surface area contributed by atoms with E-state index < -0.39 is 18.4 Å². The zero-order valence-corrected chi connectivity index (χ0v) is 17.0. The number of benzene rings is 1. The van der Waals surface area contributed by atoms with E-state index >= 15 is 0 Å². The van der Waals surface area contributed by atoms with Crippen molar-refractivity contribution >= 4 is 17.4 Å². The van der Waals surface area contributed by atoms with Gasteiger partial charge >= 0.3 is 6.36 Å². The molecule has 32 heavy (non-hydrogen) atoms. The summed E-state index contributed by atoms with van der Waals surface area (Å²) in [4.78, 5) is 19.2. The number of pyridine rings is 1. The van der Waals surface area contributed by atoms with Crippen LogP contribution in [0.4, 0.5) is 24.7 Å². The van der Waals surface area contributed by atoms with Gasteiger partial charge < -0.3 is 20.1 Å². The fraction of sp³-hybridized carbons (Fsp3) is 0.286. The van der Waals surface area contributed by atoms with Crippen molar-refractivity contribution < 1.29 is 27.8 Å². The summed E-state index contributed by atoms with van der Waals surface area (Å²) in [6.45, 7) is 2.90. The number of aromatic nitrogens is 3. The number of β-amino-alcohol motifs (C(OH)–C–C–N with tert-alkyl or cyclic N) is 1. The average molecular weight is 447 g/mol. The number of alkyl halides is 3. The molecule has 1 fully saturated rings. The fourth-order valence-corrected chi connectivity index (χ4v) is 3.47. The molecule has 0 spiro atoms. The van der Waals surface area contributed by atoms with Gasteiger partial charge in [-0.1, -0.05) is 0 Å². The Hall–Kier alpha value is -3.60. The molecule has 1 saturated heterocycles. The number of carbonyl (C=O) groups is 1. The van der Waals surface area contributed by atoms with Crippen LogP contribution < -0.4 is 15.0 Å². The highest BCUT2D eigenvalue weighted by Crippen LogP contribution is 2.31. The molecule has 4 rings (SSSR count). The number of aliphatic hydroxyl groups excluding tert-OH is 1. The van der Waals surface area contributed by atoms with Gasteiger partial charge in [0.05, 0.1) is 23.1 Å². The third kappa shape index (κ3) is 4.99. The molecule has 3 heterocycles. The number of halogens is 3. The summed E-state index contributed by atoms with van der Waals surface area (Å²) >= 11 is 0. The lowest BCUT2D eigenvalue weighted by Gasteiger charge is -2.20. The molecule has 0 aliphatic carbocycles. The van der Waals surface area contributed by atoms with E-state index in [0.29, 0.717) is 42.3 Å². The summed E-state index contributed by atoms with van der Waals surface area (Å²) in [6, 6.07) is 8.34. The number of aryl methyl sites for hydroxylation is 1. The first-order valence-electron chi connectivity index (χ1n) is 9.80. The second-order valence-corrected chi connectivity index (χ2v) is 7.43. The summed E-state index contributed by atoms with van der Waals surface area (Å²) in [5.41, 5.74) is 2.65. The monoisotopic (exact) mass is 447 g/mol. The Bertz CT molecular complexity index is 1110. The van der Waals surface area contributed by atoms with Crippen LogP contribution in [0.1, 0.15) is 22.5 Å². The molecule has 0 radical (unpaired) electrons. The first-order chi connectivity index (χ1) is 15.2. The van der Waals surface area contributed by atoms with Crippen LogP contribution in [0, 0.1) is 6.92 Å². The normalized spacial score (nSPS) is 16.3. The number of amides is 1. The van der Waals surface area contributed by atoms with Crippen molar-refractivity contribution in [2.45, 2.75) is 25.8 Å². The predicted octanol–water partition coefficient (Wildman–Crippen LogP) is 3.50. The third-order valence-corrected chi connectivity index (χ3v) is 4.93. The van der Waals surface area contributed by atoms with Crippen LogP contribution in [0.15, 0.2) is 42.6 Å². The van der Waals surface area contributed by atoms with Crippen LogP contribution in [-0.4, -0.2) is 51.8 Å². The molecule has 0 saturated carbocycles. The number of anilines is 2. The number of nitrogens with zero attached hydrogens (tertiary/aromatic N) is 3. The Morgan fingerprint density at radius 3 is 2.62 bits per heavy atom. The lowest BCUT2D eigenvalue weighted by molar-refractivity contribution is -0.274. The smallest absolute Gasteiger partial charge is 0.406 e. The van der Waals surface area contributed by atoms with E-state index in [1.54, 1.807) is 6.07 Å². The first-order valence-corrected chi connectivity index (χ1v) is 9.80. The Morgan fingerprint density at radius 2 is 2.03 bits per heavy atom. The Morgan fingerprint density at radius 1 is 1.28 bits per heavy atom. The van der Waals surface area contributed by atoms with E-state index in [-0.39, 0.29) is 11.3 Å². The second-order valence-electron chi connectivity index (χ2n) is 7.43. The Kier molecular flexibility index (Phi) is 5.74. The molecule has 168 valence electrons. The molecule has 0 unspecified atom stereocenters. The highest BCUT2D eigenvalue weighted by atomic mass is 19.4. The van der Waals surface area contributed by atoms with Crippen molar-refractivity contribution in [3.63, 3.8) is 0 Å². The van der Waals surface area contributed by atoms with Gasteiger partial charge in [0.15, 0.2) is 0 Å². The predicted molar refractivity (Wildman–Crippen MR) is 110 cm³/mol. The Balaban J connectivity index is 1.57. The van der Waals surface area contributed by atoms with Crippen LogP contribution in [0.5, 0.6) is 5.75 Å². The number of rotatable bonds is 5. The molecule has 1 aliphatic rings. The summed E-state index contributed by atoms with van der Waals surface area (Å²) in [5, 5.41) is 19.6. The average Bonchev–Trinajstić information content (AvgIpc) is 3.36. The van der Waals surface area contributed by atoms with Crippen LogP contribution in [0.2, 0.25) is 0 Å². The minimum atomic E-state index is -4.79. The van der Waals surface area contributed by atoms with Gasteiger partial charge in [0, 0.05) is 30.5 Å². The van der Waals surface area contributed by atoms with E-state index in [1.807, 2.05) is 17.9 Å². The zero-order valence-electron chi connectivity index (χ0n) is 17.0. The first kappa shape index (κ1) is 21.6. The van der Waals surface area contributed by atoms with Crippen LogP contribution in [0.3, 0.4) is 0 Å². The minimum Gasteiger partial charge on any atom is -0.406 e. The van der Waals surface area contributed by atoms with E-state index in [2.05, 4.69) is 25.2 Å². The number of H-pyrrole nitrogens is 1. The molecule has 1 aromatic carbocycles. The largest absolute Gasteiger partial charge is 0.573 e. The molecule has 2 aromatic heterocycles. The molecular weight excluding hydrogens is 427 g/mol. The van der Waals surface area contributed by atoms with Gasteiger partial charge in [-0.2, -0.15) is 5.10 Å². The van der Waals surface area contributed by atoms with Crippen LogP contribution >= 0.6 is 0 Å². The standard InChI is InChI=1S/C21H20F3N5O3/c1-12-8-18(28-27-12)17-9-13(10-25-19(17)29-7-6-15(30)11-29)20(31)26-14-2-4-16(5-3-14)32-21(22,23)24/h2-5,8-10,15,30H,6-7,11H2,1H3,(H,26,31)(H,27,28)/t15-/m1/s1. The number of ether oxygens (including phenoxy) is 1. The fourth-order valence-electron chi connectivity index (χ4n) is 3.47. The van der Waals surface area contributed by atoms with Crippen molar-refractivity contribution in [3.8, 4) is 17.0 Å². The van der Waals surface area contributed by atoms with Crippen molar-refractivity contribution in [1.82, 2.24) is 15.2 Å². The molecule has 1 aliphatic heterocycles. The SMILES string of the molecule is Cc1cc(-c2cc(C(=O)Nc3ccc(OC(F)(F)F)cc3)cnc2N2CC[C@@H](O)C2)[nH]n1. The van der Waals surface area contributed by atoms with Gasteiger partial charge in [-0.25, -0.2) is 4.98 Å². The molecule has 8 nitrogen and oxygen atoms in total. The number of nitrogens with one attached hydrogen (secondary N) is 2. The maximum absolute atomic E-state index is 12.8. The number of hydrogen-bond donors (Lipinski definition) is 3. The topological polar surface area (TPSA) is 103 Å². The molecule has 11 heteroatoms. The van der Waals surface area contributed by atoms with Crippen molar-refractivity contribution in [2.75, 3.05) is 23.3 Å². The molecular formula is C21H20F3N5O3. The quantitative estimate of drug-likeness (QED) is 0.553. The Labute approximate surface area is 181 Å². The summed E-state index contributed by atoms with van der Waals surface area (Å²) in [6.07, 6.45) is -3.19. The lowest BCUT2D eigenvalue weighted by atomic mass is 10.1. The number of aromatic amines is 1. The molecule has 1 atom stereocenters. The van der Waals surface area contributed by atoms with Crippen molar-refractivity contribution in [1.29, 1.82) is 0 Å². The maximum atomic E-state index is 12.8. The van der Waals surface area contributed by atoms with Crippen LogP contribution in [0.25, 0.3) is 11.3 Å². The van der Waals surface area contributed by atoms with Gasteiger partial charge in [-0.3, -0.25) is 9.89 Å². The van der Waals surface area contributed by atoms with Crippen LogP contribution in [-0.2, 0) is 0 Å². The van der Waals surface area contributed by atoms with Gasteiger partial charge in [0.1, 0.15) is 11.6 Å². The van der Waals surface area contributed by atoms with Gasteiger partial charge in [-0.15, -0.1) is 13.2 Å². The van der Waals surface area contributed by atoms with E-state index in [9.17, 15) is 23.1 Å². The highest BCUT2D eigenvalue weighted by molar-refractivity contribution is 6.05. The molecule has 0 bridgehead atoms. The summed E-state index contributed by atoms with van der Waals surface area (Å²) in [5.74, 6) is -0.242. The van der Waals surface area contributed by atoms with E-state index in [4.69, 9.17) is 0 Å². The number of carbonyl (C=O) groups excluding carboxylic acids is 1. The van der Waals surface area contributed by atoms with Gasteiger partial charge in [0.2, 0.25) is 0 Å². The van der Waals surface area contributed by atoms with Crippen molar-refractivity contribution in [2.24, 2.45) is 0 Å². The van der Waals surface area contributed by atoms with Crippen molar-refractivity contribution in [3.05, 3.63) is 53.9 Å². The zero-order chi connectivity index (χ0) is 22.9. The van der Waals surface area contributed by atoms with E-state index in [0.717, 1.165) is 17.8 Å². The molecule has 1 amide bonds. The van der Waals surface area contributed by atoms with Gasteiger partial charge in [-0.05, 0) is 49.7 Å². The van der Waals surface area contributed by atoms with E-state index in [1.165, 1.54) is 18.3 Å². The second kappa shape index (κ2) is 8.50. The minimum absolute atomic E-state index is 0.256.